The molecule has 118 valence electrons. The highest BCUT2D eigenvalue weighted by Crippen LogP contribution is 2.40. The molecule has 0 radical (unpaired) electrons. The van der Waals surface area contributed by atoms with Gasteiger partial charge in [-0.25, -0.2) is 4.79 Å². The second-order valence-electron chi connectivity index (χ2n) is 5.92. The van der Waals surface area contributed by atoms with Crippen LogP contribution in [0.2, 0.25) is 0 Å². The van der Waals surface area contributed by atoms with Crippen LogP contribution in [-0.4, -0.2) is 54.1 Å². The van der Waals surface area contributed by atoms with Crippen LogP contribution in [0.5, 0.6) is 0 Å². The molecule has 2 aliphatic rings. The van der Waals surface area contributed by atoms with Crippen LogP contribution in [0.3, 0.4) is 0 Å². The van der Waals surface area contributed by atoms with Gasteiger partial charge in [-0.15, -0.1) is 0 Å². The van der Waals surface area contributed by atoms with Crippen molar-refractivity contribution in [2.75, 3.05) is 20.1 Å². The number of carboxylic acid groups (broad SMARTS) is 1. The lowest BCUT2D eigenvalue weighted by Crippen LogP contribution is -2.56. The summed E-state index contributed by atoms with van der Waals surface area (Å²) in [5.74, 6) is -1.02. The number of carbonyl (C=O) groups excluding carboxylic acids is 2. The third-order valence-corrected chi connectivity index (χ3v) is 4.66. The number of likely N-dealkylation sites (N-methyl/N-ethyl adjacent to an activating group) is 1. The van der Waals surface area contributed by atoms with Crippen molar-refractivity contribution in [3.63, 3.8) is 0 Å². The van der Waals surface area contributed by atoms with Crippen molar-refractivity contribution in [2.24, 2.45) is 5.41 Å². The minimum atomic E-state index is -0.851. The van der Waals surface area contributed by atoms with Crippen molar-refractivity contribution in [1.29, 1.82) is 0 Å². The molecule has 1 saturated heterocycles. The van der Waals surface area contributed by atoms with Crippen LogP contribution >= 0.6 is 0 Å². The maximum atomic E-state index is 12.3. The van der Waals surface area contributed by atoms with Crippen LogP contribution in [0, 0.1) is 5.41 Å². The molecule has 1 unspecified atom stereocenters. The summed E-state index contributed by atoms with van der Waals surface area (Å²) in [7, 11) is 1.56. The summed E-state index contributed by atoms with van der Waals surface area (Å²) in [4.78, 5) is 36.9. The minimum Gasteiger partial charge on any atom is -0.481 e. The highest BCUT2D eigenvalue weighted by Gasteiger charge is 2.45. The number of piperidine rings is 1. The Kier molecular flexibility index (Phi) is 4.69. The number of urea groups is 1. The first kappa shape index (κ1) is 15.6. The van der Waals surface area contributed by atoms with Gasteiger partial charge in [0.2, 0.25) is 5.91 Å². The molecule has 1 heterocycles. The van der Waals surface area contributed by atoms with Crippen LogP contribution in [0.1, 0.15) is 38.5 Å². The lowest BCUT2D eigenvalue weighted by atomic mass is 9.69. The van der Waals surface area contributed by atoms with E-state index in [-0.39, 0.29) is 18.5 Å². The molecule has 0 bridgehead atoms. The Balaban J connectivity index is 1.95. The molecule has 7 nitrogen and oxygen atoms in total. The van der Waals surface area contributed by atoms with Gasteiger partial charge in [-0.2, -0.15) is 0 Å². The molecule has 1 saturated carbocycles. The maximum Gasteiger partial charge on any atom is 0.318 e. The summed E-state index contributed by atoms with van der Waals surface area (Å²) in [6.45, 7) is 0.669. The van der Waals surface area contributed by atoms with E-state index >= 15 is 0 Å². The highest BCUT2D eigenvalue weighted by atomic mass is 16.4. The number of carbonyl (C=O) groups is 3. The van der Waals surface area contributed by atoms with E-state index in [1.165, 1.54) is 4.90 Å². The summed E-state index contributed by atoms with van der Waals surface area (Å²) in [5, 5.41) is 14.5. The van der Waals surface area contributed by atoms with Crippen molar-refractivity contribution < 1.29 is 19.5 Å². The maximum absolute atomic E-state index is 12.3. The molecule has 7 heteroatoms. The standard InChI is InChI=1S/C14H23N3O4/c1-15-11(18)10-5-2-3-8-17(10)13(21)16-9-14(12(19)20)6-4-7-14/h10H,2-9H2,1H3,(H,15,18)(H,16,21)(H,19,20). The second-order valence-corrected chi connectivity index (χ2v) is 5.92. The van der Waals surface area contributed by atoms with Crippen LogP contribution in [0.4, 0.5) is 4.79 Å². The molecular formula is C14H23N3O4. The SMILES string of the molecule is CNC(=O)C1CCCCN1C(=O)NCC1(C(=O)O)CCC1. The van der Waals surface area contributed by atoms with Crippen molar-refractivity contribution in [2.45, 2.75) is 44.6 Å². The lowest BCUT2D eigenvalue weighted by Gasteiger charge is -2.39. The molecule has 3 N–H and O–H groups in total. The third-order valence-electron chi connectivity index (χ3n) is 4.66. The van der Waals surface area contributed by atoms with Gasteiger partial charge < -0.3 is 20.6 Å². The first-order valence-corrected chi connectivity index (χ1v) is 7.50. The van der Waals surface area contributed by atoms with Crippen molar-refractivity contribution in [3.8, 4) is 0 Å². The van der Waals surface area contributed by atoms with Crippen LogP contribution in [0.15, 0.2) is 0 Å². The molecular weight excluding hydrogens is 274 g/mol. The zero-order valence-electron chi connectivity index (χ0n) is 12.4. The molecule has 0 aromatic carbocycles. The molecule has 0 spiro atoms. The monoisotopic (exact) mass is 297 g/mol. The topological polar surface area (TPSA) is 98.7 Å². The van der Waals surface area contributed by atoms with E-state index in [1.807, 2.05) is 0 Å². The minimum absolute atomic E-state index is 0.137. The van der Waals surface area contributed by atoms with E-state index < -0.39 is 17.4 Å². The largest absolute Gasteiger partial charge is 0.481 e. The Morgan fingerprint density at radius 1 is 1.24 bits per heavy atom. The number of carboxylic acids is 1. The van der Waals surface area contributed by atoms with Gasteiger partial charge in [-0.3, -0.25) is 9.59 Å². The number of likely N-dealkylation sites (tertiary alicyclic amines) is 1. The molecule has 21 heavy (non-hydrogen) atoms. The van der Waals surface area contributed by atoms with Crippen LogP contribution in [-0.2, 0) is 9.59 Å². The quantitative estimate of drug-likeness (QED) is 0.705. The number of nitrogens with zero attached hydrogens (tertiary/aromatic N) is 1. The van der Waals surface area contributed by atoms with Gasteiger partial charge in [0, 0.05) is 20.1 Å². The Morgan fingerprint density at radius 2 is 1.95 bits per heavy atom. The zero-order valence-corrected chi connectivity index (χ0v) is 12.4. The Bertz CT molecular complexity index is 434. The van der Waals surface area contributed by atoms with Crippen LogP contribution in [0.25, 0.3) is 0 Å². The number of hydrogen-bond donors (Lipinski definition) is 3. The van der Waals surface area contributed by atoms with E-state index in [9.17, 15) is 19.5 Å². The van der Waals surface area contributed by atoms with Crippen molar-refractivity contribution in [1.82, 2.24) is 15.5 Å². The fraction of sp³-hybridized carbons (Fsp3) is 0.786. The van der Waals surface area contributed by atoms with E-state index in [0.717, 1.165) is 19.3 Å². The number of hydrogen-bond acceptors (Lipinski definition) is 3. The first-order chi connectivity index (χ1) is 10.00. The molecule has 1 aliphatic carbocycles. The van der Waals surface area contributed by atoms with Gasteiger partial charge in [0.15, 0.2) is 0 Å². The Hall–Kier alpha value is -1.79. The highest BCUT2D eigenvalue weighted by molar-refractivity contribution is 5.87. The molecule has 3 amide bonds. The summed E-state index contributed by atoms with van der Waals surface area (Å²) in [6, 6.07) is -0.790. The van der Waals surface area contributed by atoms with Gasteiger partial charge in [0.1, 0.15) is 6.04 Å². The van der Waals surface area contributed by atoms with Crippen molar-refractivity contribution in [3.05, 3.63) is 0 Å². The van der Waals surface area contributed by atoms with Gasteiger partial charge in [-0.05, 0) is 32.1 Å². The van der Waals surface area contributed by atoms with Crippen molar-refractivity contribution >= 4 is 17.9 Å². The summed E-state index contributed by atoms with van der Waals surface area (Å²) >= 11 is 0. The molecule has 0 aromatic rings. The molecule has 2 fully saturated rings. The van der Waals surface area contributed by atoms with E-state index in [1.54, 1.807) is 7.05 Å². The second kappa shape index (κ2) is 6.32. The Morgan fingerprint density at radius 3 is 2.48 bits per heavy atom. The summed E-state index contributed by atoms with van der Waals surface area (Å²) in [5.41, 5.74) is -0.812. The van der Waals surface area contributed by atoms with Gasteiger partial charge in [0.05, 0.1) is 5.41 Å². The van der Waals surface area contributed by atoms with E-state index in [0.29, 0.717) is 25.8 Å². The smallest absolute Gasteiger partial charge is 0.318 e. The van der Waals surface area contributed by atoms with Gasteiger partial charge in [-0.1, -0.05) is 6.42 Å². The normalized spacial score (nSPS) is 23.9. The molecule has 1 atom stereocenters. The summed E-state index contributed by atoms with van der Waals surface area (Å²) < 4.78 is 0. The third kappa shape index (κ3) is 3.11. The average molecular weight is 297 g/mol. The average Bonchev–Trinajstić information content (AvgIpc) is 2.44. The predicted molar refractivity (Wildman–Crippen MR) is 75.7 cm³/mol. The fourth-order valence-electron chi connectivity index (χ4n) is 3.03. The number of rotatable bonds is 4. The van der Waals surface area contributed by atoms with E-state index in [4.69, 9.17) is 0 Å². The molecule has 0 aromatic heterocycles. The number of aliphatic carboxylic acids is 1. The van der Waals surface area contributed by atoms with E-state index in [2.05, 4.69) is 10.6 Å². The van der Waals surface area contributed by atoms with Gasteiger partial charge >= 0.3 is 12.0 Å². The summed E-state index contributed by atoms with van der Waals surface area (Å²) in [6.07, 6.45) is 4.51. The first-order valence-electron chi connectivity index (χ1n) is 7.50. The zero-order chi connectivity index (χ0) is 15.5. The molecule has 1 aliphatic heterocycles. The predicted octanol–water partition coefficient (Wildman–Crippen LogP) is 0.551. The Labute approximate surface area is 124 Å². The number of amides is 3. The fourth-order valence-corrected chi connectivity index (χ4v) is 3.03. The number of nitrogens with one attached hydrogen (secondary N) is 2. The van der Waals surface area contributed by atoms with Crippen LogP contribution < -0.4 is 10.6 Å². The lowest BCUT2D eigenvalue weighted by molar-refractivity contribution is -0.153. The van der Waals surface area contributed by atoms with Gasteiger partial charge in [0.25, 0.3) is 0 Å². The molecule has 2 rings (SSSR count).